The van der Waals surface area contributed by atoms with Gasteiger partial charge in [-0.1, -0.05) is 24.3 Å². The maximum Gasteiger partial charge on any atom is 0.418 e. The lowest BCUT2D eigenvalue weighted by molar-refractivity contribution is -0.138. The smallest absolute Gasteiger partial charge is 0.337 e. The Labute approximate surface area is 189 Å². The molecular weight excluding hydrogens is 470 g/mol. The number of thiophene rings is 1. The van der Waals surface area contributed by atoms with Crippen LogP contribution in [0.3, 0.4) is 0 Å². The van der Waals surface area contributed by atoms with Crippen molar-refractivity contribution >= 4 is 34.4 Å². The first kappa shape index (κ1) is 22.6. The molecule has 0 spiro atoms. The summed E-state index contributed by atoms with van der Waals surface area (Å²) in [6, 6.07) is 11.2. The number of nitrogens with zero attached hydrogens (tertiary/aromatic N) is 1. The molecular formula is C22H16F6N2S2. The van der Waals surface area contributed by atoms with E-state index in [0.717, 1.165) is 28.6 Å². The standard InChI is InChI=1S/C22H16F6N2S2/c23-21(24,25)14-7-5-13(6-8-14)19-15-10-12-32-18(15)9-11-30(19)20(31)29-17-4-2-1-3-16(17)22(26,27)28/h1-8,10,12,19H,9,11H2,(H,29,31). The molecule has 1 aliphatic rings. The van der Waals surface area contributed by atoms with Gasteiger partial charge in [0, 0.05) is 11.4 Å². The molecule has 2 aromatic carbocycles. The lowest BCUT2D eigenvalue weighted by atomic mass is 9.93. The number of thiocarbonyl (C=S) groups is 1. The van der Waals surface area contributed by atoms with Crippen molar-refractivity contribution in [2.75, 3.05) is 11.9 Å². The summed E-state index contributed by atoms with van der Waals surface area (Å²) in [5, 5.41) is 4.67. The van der Waals surface area contributed by atoms with Gasteiger partial charge in [-0.3, -0.25) is 0 Å². The van der Waals surface area contributed by atoms with Gasteiger partial charge in [0.05, 0.1) is 22.9 Å². The molecule has 0 saturated heterocycles. The summed E-state index contributed by atoms with van der Waals surface area (Å²) in [7, 11) is 0. The fourth-order valence-corrected chi connectivity index (χ4v) is 4.99. The number of hydrogen-bond acceptors (Lipinski definition) is 2. The van der Waals surface area contributed by atoms with E-state index in [0.29, 0.717) is 18.5 Å². The van der Waals surface area contributed by atoms with E-state index >= 15 is 0 Å². The van der Waals surface area contributed by atoms with Crippen molar-refractivity contribution in [3.8, 4) is 0 Å². The van der Waals surface area contributed by atoms with E-state index < -0.39 is 29.5 Å². The first-order valence-electron chi connectivity index (χ1n) is 9.53. The van der Waals surface area contributed by atoms with Crippen LogP contribution in [-0.2, 0) is 18.8 Å². The Kier molecular flexibility index (Phi) is 5.93. The second-order valence-corrected chi connectivity index (χ2v) is 8.63. The molecule has 10 heteroatoms. The third-order valence-electron chi connectivity index (χ3n) is 5.25. The monoisotopic (exact) mass is 486 g/mol. The highest BCUT2D eigenvalue weighted by atomic mass is 32.1. The molecule has 2 nitrogen and oxygen atoms in total. The maximum absolute atomic E-state index is 13.4. The van der Waals surface area contributed by atoms with E-state index in [4.69, 9.17) is 12.2 Å². The van der Waals surface area contributed by atoms with Crippen LogP contribution in [-0.4, -0.2) is 16.6 Å². The van der Waals surface area contributed by atoms with Gasteiger partial charge in [-0.15, -0.1) is 11.3 Å². The van der Waals surface area contributed by atoms with Gasteiger partial charge < -0.3 is 10.2 Å². The quantitative estimate of drug-likeness (QED) is 0.306. The van der Waals surface area contributed by atoms with E-state index in [2.05, 4.69) is 5.32 Å². The van der Waals surface area contributed by atoms with Gasteiger partial charge in [-0.25, -0.2) is 0 Å². The highest BCUT2D eigenvalue weighted by molar-refractivity contribution is 7.80. The van der Waals surface area contributed by atoms with Crippen molar-refractivity contribution in [3.05, 3.63) is 87.1 Å². The zero-order valence-electron chi connectivity index (χ0n) is 16.3. The zero-order chi connectivity index (χ0) is 23.1. The summed E-state index contributed by atoms with van der Waals surface area (Å²) in [6.07, 6.45) is -8.39. The summed E-state index contributed by atoms with van der Waals surface area (Å²) < 4.78 is 79.2. The minimum atomic E-state index is -4.56. The number of fused-ring (bicyclic) bond motifs is 1. The molecule has 1 aromatic heterocycles. The number of nitrogens with one attached hydrogen (secondary N) is 1. The number of para-hydroxylation sites is 1. The molecule has 32 heavy (non-hydrogen) atoms. The molecule has 0 amide bonds. The molecule has 0 radical (unpaired) electrons. The molecule has 0 saturated carbocycles. The van der Waals surface area contributed by atoms with Gasteiger partial charge in [0.2, 0.25) is 0 Å². The third-order valence-corrected chi connectivity index (χ3v) is 6.59. The number of rotatable bonds is 2. The van der Waals surface area contributed by atoms with Crippen molar-refractivity contribution < 1.29 is 26.3 Å². The maximum atomic E-state index is 13.4. The molecule has 4 rings (SSSR count). The average molecular weight is 487 g/mol. The van der Waals surface area contributed by atoms with Crippen LogP contribution in [0.15, 0.2) is 60.0 Å². The van der Waals surface area contributed by atoms with Crippen LogP contribution in [0.4, 0.5) is 32.0 Å². The van der Waals surface area contributed by atoms with E-state index in [1.807, 2.05) is 11.4 Å². The van der Waals surface area contributed by atoms with Gasteiger partial charge in [-0.05, 0) is 65.5 Å². The number of benzene rings is 2. The summed E-state index contributed by atoms with van der Waals surface area (Å²) in [4.78, 5) is 2.80. The predicted octanol–water partition coefficient (Wildman–Crippen LogP) is 7.13. The van der Waals surface area contributed by atoms with Crippen molar-refractivity contribution in [2.24, 2.45) is 0 Å². The van der Waals surface area contributed by atoms with E-state index in [1.165, 1.54) is 41.7 Å². The largest absolute Gasteiger partial charge is 0.418 e. The van der Waals surface area contributed by atoms with Gasteiger partial charge in [0.25, 0.3) is 0 Å². The van der Waals surface area contributed by atoms with Crippen molar-refractivity contribution in [2.45, 2.75) is 24.8 Å². The number of hydrogen-bond donors (Lipinski definition) is 1. The van der Waals surface area contributed by atoms with Crippen LogP contribution in [0, 0.1) is 0 Å². The molecule has 168 valence electrons. The fraction of sp³-hybridized carbons (Fsp3) is 0.227. The summed E-state index contributed by atoms with van der Waals surface area (Å²) in [5.41, 5.74) is -0.331. The summed E-state index contributed by atoms with van der Waals surface area (Å²) in [6.45, 7) is 0.416. The lowest BCUT2D eigenvalue weighted by Gasteiger charge is -2.38. The van der Waals surface area contributed by atoms with Gasteiger partial charge in [-0.2, -0.15) is 26.3 Å². The molecule has 1 atom stereocenters. The number of halogens is 6. The summed E-state index contributed by atoms with van der Waals surface area (Å²) >= 11 is 7.01. The third kappa shape index (κ3) is 4.47. The average Bonchev–Trinajstić information content (AvgIpc) is 3.21. The zero-order valence-corrected chi connectivity index (χ0v) is 17.9. The van der Waals surface area contributed by atoms with Crippen molar-refractivity contribution in [1.82, 2.24) is 4.90 Å². The molecule has 2 heterocycles. The van der Waals surface area contributed by atoms with Crippen LogP contribution < -0.4 is 5.32 Å². The van der Waals surface area contributed by atoms with Gasteiger partial charge in [0.1, 0.15) is 0 Å². The Morgan fingerprint density at radius 2 is 1.62 bits per heavy atom. The van der Waals surface area contributed by atoms with Crippen molar-refractivity contribution in [3.63, 3.8) is 0 Å². The molecule has 1 unspecified atom stereocenters. The van der Waals surface area contributed by atoms with E-state index in [9.17, 15) is 26.3 Å². The Hall–Kier alpha value is -2.59. The number of anilines is 1. The first-order valence-corrected chi connectivity index (χ1v) is 10.8. The molecule has 0 aliphatic carbocycles. The van der Waals surface area contributed by atoms with Crippen LogP contribution >= 0.6 is 23.6 Å². The second kappa shape index (κ2) is 8.40. The fourth-order valence-electron chi connectivity index (χ4n) is 3.78. The van der Waals surface area contributed by atoms with Crippen LogP contribution in [0.25, 0.3) is 0 Å². The van der Waals surface area contributed by atoms with Crippen LogP contribution in [0.1, 0.15) is 33.2 Å². The van der Waals surface area contributed by atoms with Gasteiger partial charge in [0.15, 0.2) is 5.11 Å². The number of alkyl halides is 6. The first-order chi connectivity index (χ1) is 15.1. The highest BCUT2D eigenvalue weighted by Gasteiger charge is 2.36. The van der Waals surface area contributed by atoms with Gasteiger partial charge >= 0.3 is 12.4 Å². The Balaban J connectivity index is 1.68. The molecule has 0 fully saturated rings. The normalized spacial score (nSPS) is 16.6. The topological polar surface area (TPSA) is 15.3 Å². The summed E-state index contributed by atoms with van der Waals surface area (Å²) in [5.74, 6) is 0. The minimum Gasteiger partial charge on any atom is -0.337 e. The molecule has 1 aliphatic heterocycles. The van der Waals surface area contributed by atoms with Crippen LogP contribution in [0.5, 0.6) is 0 Å². The minimum absolute atomic E-state index is 0.0726. The Morgan fingerprint density at radius 1 is 0.938 bits per heavy atom. The lowest BCUT2D eigenvalue weighted by Crippen LogP contribution is -2.42. The van der Waals surface area contributed by atoms with E-state index in [1.54, 1.807) is 4.90 Å². The Morgan fingerprint density at radius 3 is 2.28 bits per heavy atom. The SMILES string of the molecule is FC(F)(F)c1ccc(C2c3ccsc3CCN2C(=S)Nc2ccccc2C(F)(F)F)cc1. The van der Waals surface area contributed by atoms with E-state index in [-0.39, 0.29) is 10.8 Å². The molecule has 0 bridgehead atoms. The van der Waals surface area contributed by atoms with Crippen LogP contribution in [0.2, 0.25) is 0 Å². The highest BCUT2D eigenvalue weighted by Crippen LogP contribution is 2.40. The Bertz CT molecular complexity index is 1120. The second-order valence-electron chi connectivity index (χ2n) is 7.24. The predicted molar refractivity (Wildman–Crippen MR) is 116 cm³/mol. The molecule has 1 N–H and O–H groups in total. The van der Waals surface area contributed by atoms with Crippen molar-refractivity contribution in [1.29, 1.82) is 0 Å². The molecule has 3 aromatic rings.